The Labute approximate surface area is 269 Å². The number of methoxy groups -OCH3 is 1. The van der Waals surface area contributed by atoms with Crippen molar-refractivity contribution in [2.45, 2.75) is 43.4 Å². The highest BCUT2D eigenvalue weighted by Gasteiger charge is 2.58. The van der Waals surface area contributed by atoms with Crippen LogP contribution < -0.4 is 11.1 Å². The number of carbonyl (C=O) groups is 2. The van der Waals surface area contributed by atoms with E-state index in [4.69, 9.17) is 31.8 Å². The van der Waals surface area contributed by atoms with Crippen molar-refractivity contribution in [3.05, 3.63) is 88.6 Å². The van der Waals surface area contributed by atoms with Crippen LogP contribution in [-0.2, 0) is 14.3 Å². The molecule has 1 aromatic carbocycles. The first-order valence-electron chi connectivity index (χ1n) is 15.5. The van der Waals surface area contributed by atoms with Gasteiger partial charge in [-0.1, -0.05) is 30.3 Å². The smallest absolute Gasteiger partial charge is 0.410 e. The highest BCUT2D eigenvalue weighted by Crippen LogP contribution is 2.56. The summed E-state index contributed by atoms with van der Waals surface area (Å²) in [6.45, 7) is 6.20. The molecule has 10 nitrogen and oxygen atoms in total. The summed E-state index contributed by atoms with van der Waals surface area (Å²) in [5, 5.41) is 3.68. The van der Waals surface area contributed by atoms with E-state index in [1.807, 2.05) is 42.3 Å². The molecule has 4 aliphatic rings. The topological polar surface area (TPSA) is 113 Å². The van der Waals surface area contributed by atoms with Crippen molar-refractivity contribution in [3.8, 4) is 0 Å². The zero-order valence-corrected chi connectivity index (χ0v) is 26.6. The van der Waals surface area contributed by atoms with Gasteiger partial charge in [-0.25, -0.2) is 4.79 Å². The number of piperazine rings is 1. The molecular weight excluding hydrogens is 592 g/mol. The van der Waals surface area contributed by atoms with Crippen molar-refractivity contribution in [2.75, 3.05) is 46.9 Å². The van der Waals surface area contributed by atoms with Gasteiger partial charge in [0.1, 0.15) is 12.2 Å². The molecule has 3 aliphatic carbocycles. The van der Waals surface area contributed by atoms with Crippen LogP contribution in [0.25, 0.3) is 11.6 Å². The molecular formula is C34H41ClN6O4. The van der Waals surface area contributed by atoms with Crippen molar-refractivity contribution in [3.63, 3.8) is 0 Å². The molecule has 0 spiro atoms. The lowest BCUT2D eigenvalue weighted by atomic mass is 9.89. The molecule has 2 atom stereocenters. The number of ether oxygens (including phenoxy) is 2. The summed E-state index contributed by atoms with van der Waals surface area (Å²) in [5.41, 5.74) is 11.1. The molecule has 2 saturated carbocycles. The molecule has 1 aliphatic heterocycles. The zero-order chi connectivity index (χ0) is 31.7. The maximum absolute atomic E-state index is 13.2. The third kappa shape index (κ3) is 6.32. The van der Waals surface area contributed by atoms with Gasteiger partial charge in [0.15, 0.2) is 0 Å². The maximum Gasteiger partial charge on any atom is 0.410 e. The SMILES string of the molecule is C=CN(C)/C(=C\N)[C@H](NC(=O)COC)C1=Cc2cccnc2[C@@H](N2CCN(C(=O)OC3(C4CC4)CC3)CC2)c2ccc(Cl)cc21. The number of carbonyl (C=O) groups excluding carboxylic acids is 2. The van der Waals surface area contributed by atoms with Gasteiger partial charge >= 0.3 is 6.09 Å². The van der Waals surface area contributed by atoms with E-state index in [-0.39, 0.29) is 30.3 Å². The molecule has 11 heteroatoms. The third-order valence-electron chi connectivity index (χ3n) is 9.39. The lowest BCUT2D eigenvalue weighted by molar-refractivity contribution is -0.124. The van der Waals surface area contributed by atoms with Gasteiger partial charge < -0.3 is 30.3 Å². The van der Waals surface area contributed by atoms with Crippen LogP contribution in [0.1, 0.15) is 54.1 Å². The van der Waals surface area contributed by atoms with E-state index in [0.29, 0.717) is 42.8 Å². The van der Waals surface area contributed by atoms with Crippen LogP contribution in [0.3, 0.4) is 0 Å². The average molecular weight is 633 g/mol. The predicted octanol–water partition coefficient (Wildman–Crippen LogP) is 4.38. The molecule has 1 aromatic heterocycles. The number of nitrogens with one attached hydrogen (secondary N) is 1. The molecule has 0 radical (unpaired) electrons. The van der Waals surface area contributed by atoms with E-state index < -0.39 is 6.04 Å². The quantitative estimate of drug-likeness (QED) is 0.397. The lowest BCUT2D eigenvalue weighted by Gasteiger charge is -2.40. The number of halogens is 1. The Morgan fingerprint density at radius 3 is 2.64 bits per heavy atom. The Balaban J connectivity index is 1.36. The van der Waals surface area contributed by atoms with Gasteiger partial charge in [0, 0.05) is 57.8 Å². The Bertz CT molecular complexity index is 1530. The summed E-state index contributed by atoms with van der Waals surface area (Å²) in [4.78, 5) is 37.0. The Morgan fingerprint density at radius 1 is 1.24 bits per heavy atom. The number of amides is 2. The molecule has 1 saturated heterocycles. The van der Waals surface area contributed by atoms with Crippen LogP contribution in [0.4, 0.5) is 4.79 Å². The minimum Gasteiger partial charge on any atom is -0.442 e. The summed E-state index contributed by atoms with van der Waals surface area (Å²) in [6.07, 6.45) is 11.1. The number of benzene rings is 1. The largest absolute Gasteiger partial charge is 0.442 e. The fourth-order valence-corrected chi connectivity index (χ4v) is 6.87. The van der Waals surface area contributed by atoms with E-state index in [1.54, 1.807) is 17.3 Å². The Kier molecular flexibility index (Phi) is 8.90. The number of nitrogens with zero attached hydrogens (tertiary/aromatic N) is 4. The second kappa shape index (κ2) is 12.9. The summed E-state index contributed by atoms with van der Waals surface area (Å²) < 4.78 is 11.2. The van der Waals surface area contributed by atoms with Crippen LogP contribution in [0, 0.1) is 5.92 Å². The van der Waals surface area contributed by atoms with Gasteiger partial charge in [-0.05, 0) is 84.3 Å². The molecule has 3 fully saturated rings. The molecule has 0 unspecified atom stereocenters. The highest BCUT2D eigenvalue weighted by atomic mass is 35.5. The second-order valence-electron chi connectivity index (χ2n) is 12.3. The van der Waals surface area contributed by atoms with Crippen LogP contribution in [0.2, 0.25) is 5.02 Å². The van der Waals surface area contributed by atoms with Crippen LogP contribution in [0.15, 0.2) is 61.2 Å². The molecule has 6 rings (SSSR count). The summed E-state index contributed by atoms with van der Waals surface area (Å²) in [6, 6.07) is 8.90. The van der Waals surface area contributed by atoms with E-state index in [1.165, 1.54) is 13.3 Å². The second-order valence-corrected chi connectivity index (χ2v) is 12.7. The molecule has 0 bridgehead atoms. The van der Waals surface area contributed by atoms with E-state index in [2.05, 4.69) is 22.9 Å². The first kappa shape index (κ1) is 31.1. The number of hydrogen-bond acceptors (Lipinski definition) is 8. The number of likely N-dealkylation sites (N-methyl/N-ethyl adjacent to an activating group) is 1. The molecule has 45 heavy (non-hydrogen) atoms. The minimum atomic E-state index is -0.655. The molecule has 238 valence electrons. The van der Waals surface area contributed by atoms with Crippen molar-refractivity contribution < 1.29 is 19.1 Å². The number of nitrogens with two attached hydrogens (primary N) is 1. The molecule has 2 heterocycles. The average Bonchev–Trinajstić information content (AvgIpc) is 3.96. The van der Waals surface area contributed by atoms with Crippen LogP contribution in [-0.4, -0.2) is 90.3 Å². The maximum atomic E-state index is 13.2. The van der Waals surface area contributed by atoms with Gasteiger partial charge in [-0.3, -0.25) is 14.7 Å². The summed E-state index contributed by atoms with van der Waals surface area (Å²) in [7, 11) is 3.31. The Morgan fingerprint density at radius 2 is 2.00 bits per heavy atom. The van der Waals surface area contributed by atoms with Gasteiger partial charge in [-0.15, -0.1) is 0 Å². The van der Waals surface area contributed by atoms with Gasteiger partial charge in [-0.2, -0.15) is 0 Å². The lowest BCUT2D eigenvalue weighted by Crippen LogP contribution is -2.51. The number of pyridine rings is 1. The van der Waals surface area contributed by atoms with Gasteiger partial charge in [0.2, 0.25) is 5.91 Å². The normalized spacial score (nSPS) is 21.4. The van der Waals surface area contributed by atoms with Gasteiger partial charge in [0.25, 0.3) is 0 Å². The zero-order valence-electron chi connectivity index (χ0n) is 25.9. The van der Waals surface area contributed by atoms with Crippen LogP contribution in [0.5, 0.6) is 0 Å². The van der Waals surface area contributed by atoms with Crippen molar-refractivity contribution in [2.24, 2.45) is 11.7 Å². The van der Waals surface area contributed by atoms with Gasteiger partial charge in [0.05, 0.1) is 23.5 Å². The fourth-order valence-electron chi connectivity index (χ4n) is 6.69. The van der Waals surface area contributed by atoms with Crippen molar-refractivity contribution in [1.82, 2.24) is 25.0 Å². The fraction of sp³-hybridized carbons (Fsp3) is 0.441. The van der Waals surface area contributed by atoms with E-state index in [0.717, 1.165) is 53.6 Å². The van der Waals surface area contributed by atoms with Crippen LogP contribution >= 0.6 is 11.6 Å². The third-order valence-corrected chi connectivity index (χ3v) is 9.63. The number of fused-ring (bicyclic) bond motifs is 2. The molecule has 3 N–H and O–H groups in total. The highest BCUT2D eigenvalue weighted by molar-refractivity contribution is 6.30. The van der Waals surface area contributed by atoms with E-state index >= 15 is 0 Å². The minimum absolute atomic E-state index is 0.114. The van der Waals surface area contributed by atoms with Crippen molar-refractivity contribution in [1.29, 1.82) is 0 Å². The monoisotopic (exact) mass is 632 g/mol. The van der Waals surface area contributed by atoms with Crippen molar-refractivity contribution >= 4 is 35.3 Å². The molecule has 2 amide bonds. The predicted molar refractivity (Wildman–Crippen MR) is 174 cm³/mol. The molecule has 2 aromatic rings. The summed E-state index contributed by atoms with van der Waals surface area (Å²) in [5.74, 6) is 0.249. The number of aromatic nitrogens is 1. The first-order chi connectivity index (χ1) is 21.8. The first-order valence-corrected chi connectivity index (χ1v) is 15.9. The number of rotatable bonds is 10. The van der Waals surface area contributed by atoms with E-state index in [9.17, 15) is 9.59 Å². The Hall–Kier alpha value is -3.86. The standard InChI is InChI=1S/C34H41ClN6O4/c1-4-39(2)28(20-36)31(38-29(42)21-44-3)27-18-22-6-5-13-37-30(22)32(25-10-9-24(35)19-26(25)27)40-14-16-41(17-15-40)33(43)45-34(11-12-34)23-7-8-23/h4-6,9-10,13,18-20,23,31-32H,1,7-8,11-12,14-17,21,36H2,2-3H3,(H,38,42)/b28-20-/t31-,32+/m1/s1. The number of hydrogen-bond donors (Lipinski definition) is 2. The summed E-state index contributed by atoms with van der Waals surface area (Å²) >= 11 is 6.65.